The molecule has 1 unspecified atom stereocenters. The number of aromatic nitrogens is 5. The number of aryl methyl sites for hydroxylation is 1. The van der Waals surface area contributed by atoms with E-state index in [1.165, 1.54) is 0 Å². The zero-order valence-corrected chi connectivity index (χ0v) is 25.1. The molecular weight excluding hydrogens is 534 g/mol. The van der Waals surface area contributed by atoms with Crippen molar-refractivity contribution in [3.8, 4) is 0 Å². The summed E-state index contributed by atoms with van der Waals surface area (Å²) in [5, 5.41) is 12.7. The summed E-state index contributed by atoms with van der Waals surface area (Å²) in [6.07, 6.45) is 7.30. The van der Waals surface area contributed by atoms with Gasteiger partial charge in [-0.3, -0.25) is 19.5 Å². The van der Waals surface area contributed by atoms with Gasteiger partial charge in [0.15, 0.2) is 5.82 Å². The van der Waals surface area contributed by atoms with Gasteiger partial charge >= 0.3 is 0 Å². The minimum Gasteiger partial charge on any atom is -0.490 e. The van der Waals surface area contributed by atoms with Gasteiger partial charge in [-0.2, -0.15) is 5.10 Å². The first kappa shape index (κ1) is 29.7. The molecule has 5 rings (SSSR count). The molecule has 0 aliphatic carbocycles. The Bertz CT molecular complexity index is 1400. The lowest BCUT2D eigenvalue weighted by Crippen LogP contribution is -2.46. The van der Waals surface area contributed by atoms with E-state index in [-0.39, 0.29) is 6.10 Å². The molecule has 2 aromatic rings. The van der Waals surface area contributed by atoms with Gasteiger partial charge in [0.05, 0.1) is 43.1 Å². The van der Waals surface area contributed by atoms with Gasteiger partial charge in [0.1, 0.15) is 12.4 Å². The van der Waals surface area contributed by atoms with Gasteiger partial charge in [-0.25, -0.2) is 14.7 Å². The van der Waals surface area contributed by atoms with E-state index >= 15 is 0 Å². The van der Waals surface area contributed by atoms with Crippen LogP contribution < -0.4 is 0 Å². The van der Waals surface area contributed by atoms with Crippen molar-refractivity contribution in [3.05, 3.63) is 47.3 Å². The van der Waals surface area contributed by atoms with Gasteiger partial charge < -0.3 is 14.4 Å². The topological polar surface area (TPSA) is 114 Å². The predicted octanol–water partition coefficient (Wildman–Crippen LogP) is 1.85. The zero-order valence-electron chi connectivity index (χ0n) is 25.1. The molecule has 0 aromatic carbocycles. The number of likely N-dealkylation sites (N-methyl/N-ethyl adjacent to an activating group) is 1. The number of allylic oxidation sites excluding steroid dienone is 1. The maximum Gasteiger partial charge on any atom is 0.220 e. The standard InChI is InChI=1S/C29H41N11O2/c1-22-6-7-25(41-14-12-38-10-8-36(4)9-11-38)17-31-27(22)21-39-13-15-42-26(19-39)20-40-29(28(30-3)34-35-40)33-23(2)24-16-32-37(5)18-24/h7,16-18,26H,3,8-15,19-21H2,1-2,4-5H3/b33-23+. The van der Waals surface area contributed by atoms with Crippen LogP contribution in [0.3, 0.4) is 0 Å². The van der Waals surface area contributed by atoms with Crippen LogP contribution in [0, 0.1) is 0 Å². The van der Waals surface area contributed by atoms with Crippen molar-refractivity contribution >= 4 is 29.8 Å². The maximum atomic E-state index is 6.12. The number of morpholine rings is 1. The Morgan fingerprint density at radius 2 is 2.02 bits per heavy atom. The van der Waals surface area contributed by atoms with Gasteiger partial charge in [0, 0.05) is 82.8 Å². The summed E-state index contributed by atoms with van der Waals surface area (Å²) in [6.45, 7) is 16.9. The largest absolute Gasteiger partial charge is 0.490 e. The van der Waals surface area contributed by atoms with Crippen LogP contribution in [0.5, 0.6) is 0 Å². The van der Waals surface area contributed by atoms with Crippen LogP contribution in [-0.4, -0.2) is 136 Å². The molecule has 0 amide bonds. The number of piperazine rings is 1. The van der Waals surface area contributed by atoms with Crippen LogP contribution in [0.2, 0.25) is 0 Å². The number of hydrogen-bond acceptors (Lipinski definition) is 11. The van der Waals surface area contributed by atoms with E-state index in [9.17, 15) is 0 Å². The lowest BCUT2D eigenvalue weighted by atomic mass is 10.1. The van der Waals surface area contributed by atoms with E-state index in [0.717, 1.165) is 74.1 Å². The van der Waals surface area contributed by atoms with Gasteiger partial charge in [-0.05, 0) is 27.6 Å². The Morgan fingerprint density at radius 3 is 2.79 bits per heavy atom. The molecule has 3 aliphatic rings. The average Bonchev–Trinajstić information content (AvgIpc) is 3.55. The number of aliphatic imine (C=N–C) groups is 3. The normalized spacial score (nSPS) is 21.1. The molecule has 13 heteroatoms. The highest BCUT2D eigenvalue weighted by Gasteiger charge is 2.25. The highest BCUT2D eigenvalue weighted by molar-refractivity contribution is 6.01. The fraction of sp³-hybridized carbons (Fsp3) is 0.552. The predicted molar refractivity (Wildman–Crippen MR) is 163 cm³/mol. The number of ether oxygens (including phenoxy) is 2. The molecule has 0 spiro atoms. The molecule has 2 aromatic heterocycles. The molecule has 3 aliphatic heterocycles. The summed E-state index contributed by atoms with van der Waals surface area (Å²) in [5.41, 5.74) is 7.05. The third-order valence-electron chi connectivity index (χ3n) is 7.69. The monoisotopic (exact) mass is 575 g/mol. The SMILES string of the molecule is C=Nc1nnn(CC2CN(CC3=NC=C(OCCN4CCN(C)CC4)C=C=C3C)CCO2)c1/N=C(\C)c1cnn(C)c1. The number of nitrogens with zero attached hydrogens (tertiary/aromatic N) is 11. The minimum atomic E-state index is -0.0963. The average molecular weight is 576 g/mol. The summed E-state index contributed by atoms with van der Waals surface area (Å²) in [7, 11) is 4.04. The first-order valence-corrected chi connectivity index (χ1v) is 14.4. The van der Waals surface area contributed by atoms with Gasteiger partial charge in [-0.1, -0.05) is 5.21 Å². The Morgan fingerprint density at radius 1 is 1.19 bits per heavy atom. The van der Waals surface area contributed by atoms with Crippen molar-refractivity contribution in [3.63, 3.8) is 0 Å². The third kappa shape index (κ3) is 7.75. The molecule has 0 bridgehead atoms. The second-order valence-corrected chi connectivity index (χ2v) is 10.9. The molecule has 0 radical (unpaired) electrons. The lowest BCUT2D eigenvalue weighted by molar-refractivity contribution is -0.0325. The second kappa shape index (κ2) is 14.0. The smallest absolute Gasteiger partial charge is 0.220 e. The van der Waals surface area contributed by atoms with Crippen LogP contribution in [0.4, 0.5) is 11.6 Å². The van der Waals surface area contributed by atoms with Gasteiger partial charge in [-0.15, -0.1) is 10.8 Å². The van der Waals surface area contributed by atoms with E-state index in [4.69, 9.17) is 19.5 Å². The highest BCUT2D eigenvalue weighted by Crippen LogP contribution is 2.26. The molecule has 0 N–H and O–H groups in total. The summed E-state index contributed by atoms with van der Waals surface area (Å²) < 4.78 is 15.6. The molecule has 224 valence electrons. The Hall–Kier alpha value is -3.74. The first-order valence-electron chi connectivity index (χ1n) is 14.4. The van der Waals surface area contributed by atoms with E-state index in [0.29, 0.717) is 37.9 Å². The Labute approximate surface area is 247 Å². The van der Waals surface area contributed by atoms with Crippen molar-refractivity contribution in [1.29, 1.82) is 0 Å². The fourth-order valence-corrected chi connectivity index (χ4v) is 5.04. The molecule has 2 fully saturated rings. The van der Waals surface area contributed by atoms with E-state index in [1.54, 1.807) is 15.6 Å². The van der Waals surface area contributed by atoms with Crippen molar-refractivity contribution < 1.29 is 9.47 Å². The molecule has 1 atom stereocenters. The molecule has 5 heterocycles. The lowest BCUT2D eigenvalue weighted by Gasteiger charge is -2.33. The van der Waals surface area contributed by atoms with E-state index in [2.05, 4.69) is 54.6 Å². The van der Waals surface area contributed by atoms with Crippen molar-refractivity contribution in [2.45, 2.75) is 26.5 Å². The van der Waals surface area contributed by atoms with Crippen LogP contribution in [0.25, 0.3) is 0 Å². The molecular formula is C29H41N11O2. The molecule has 42 heavy (non-hydrogen) atoms. The van der Waals surface area contributed by atoms with Crippen LogP contribution in [0.1, 0.15) is 19.4 Å². The fourth-order valence-electron chi connectivity index (χ4n) is 5.04. The summed E-state index contributed by atoms with van der Waals surface area (Å²) >= 11 is 0. The maximum absolute atomic E-state index is 6.12. The highest BCUT2D eigenvalue weighted by atomic mass is 16.5. The quantitative estimate of drug-likeness (QED) is 0.295. The number of hydrogen-bond donors (Lipinski definition) is 0. The minimum absolute atomic E-state index is 0.0963. The zero-order chi connectivity index (χ0) is 29.5. The van der Waals surface area contributed by atoms with Crippen molar-refractivity contribution in [2.75, 3.05) is 72.6 Å². The van der Waals surface area contributed by atoms with Crippen LogP contribution in [-0.2, 0) is 23.1 Å². The molecule has 0 saturated carbocycles. The van der Waals surface area contributed by atoms with Crippen molar-refractivity contribution in [2.24, 2.45) is 22.0 Å². The van der Waals surface area contributed by atoms with Crippen LogP contribution >= 0.6 is 0 Å². The summed E-state index contributed by atoms with van der Waals surface area (Å²) in [4.78, 5) is 20.7. The molecule has 13 nitrogen and oxygen atoms in total. The summed E-state index contributed by atoms with van der Waals surface area (Å²) in [5.74, 6) is 1.68. The molecule has 2 saturated heterocycles. The van der Waals surface area contributed by atoms with E-state index in [1.807, 2.05) is 39.4 Å². The second-order valence-electron chi connectivity index (χ2n) is 10.9. The number of rotatable bonds is 11. The third-order valence-corrected chi connectivity index (χ3v) is 7.69. The van der Waals surface area contributed by atoms with Crippen LogP contribution in [0.15, 0.2) is 56.7 Å². The van der Waals surface area contributed by atoms with Crippen molar-refractivity contribution in [1.82, 2.24) is 39.5 Å². The summed E-state index contributed by atoms with van der Waals surface area (Å²) in [6, 6.07) is 0. The Kier molecular flexibility index (Phi) is 9.88. The van der Waals surface area contributed by atoms with Gasteiger partial charge in [0.25, 0.3) is 0 Å². The first-order chi connectivity index (χ1) is 20.4. The Balaban J connectivity index is 1.18. The van der Waals surface area contributed by atoms with E-state index < -0.39 is 0 Å². The van der Waals surface area contributed by atoms with Gasteiger partial charge in [0.2, 0.25) is 5.82 Å².